The van der Waals surface area contributed by atoms with Gasteiger partial charge in [0, 0.05) is 23.2 Å². The highest BCUT2D eigenvalue weighted by Gasteiger charge is 2.66. The number of carbonyl (C=O) groups excluding carboxylic acids is 2. The molecular weight excluding hydrogens is 460 g/mol. The largest absolute Gasteiger partial charge is 0.461 e. The third kappa shape index (κ3) is 3.56. The number of anilines is 3. The molecule has 3 aliphatic rings. The third-order valence-corrected chi connectivity index (χ3v) is 7.90. The van der Waals surface area contributed by atoms with Crippen molar-refractivity contribution in [2.45, 2.75) is 38.3 Å². The average molecular weight is 489 g/mol. The maximum Gasteiger partial charge on any atom is 0.238 e. The Balaban J connectivity index is 1.26. The second-order valence-electron chi connectivity index (χ2n) is 9.98. The molecule has 3 N–H and O–H groups in total. The van der Waals surface area contributed by atoms with Crippen LogP contribution in [0.5, 0.6) is 0 Å². The van der Waals surface area contributed by atoms with E-state index in [-0.39, 0.29) is 24.3 Å². The van der Waals surface area contributed by atoms with E-state index in [1.54, 1.807) is 24.3 Å². The van der Waals surface area contributed by atoms with Crippen LogP contribution in [0.15, 0.2) is 71.1 Å². The molecule has 6 rings (SSSR count). The van der Waals surface area contributed by atoms with Crippen LogP contribution in [-0.4, -0.2) is 27.8 Å². The molecule has 0 spiro atoms. The van der Waals surface area contributed by atoms with Crippen molar-refractivity contribution in [2.75, 3.05) is 10.2 Å². The minimum absolute atomic E-state index is 0.230. The Kier molecular flexibility index (Phi) is 5.48. The summed E-state index contributed by atoms with van der Waals surface area (Å²) in [5.41, 5.74) is 2.30. The predicted octanol–water partition coefficient (Wildman–Crippen LogP) is 4.13. The highest BCUT2D eigenvalue weighted by atomic mass is 16.6. The Morgan fingerprint density at radius 3 is 2.39 bits per heavy atom. The Bertz CT molecular complexity index is 1290. The fourth-order valence-electron chi connectivity index (χ4n) is 6.11. The first-order valence-electron chi connectivity index (χ1n) is 12.3. The quantitative estimate of drug-likeness (QED) is 0.463. The highest BCUT2D eigenvalue weighted by molar-refractivity contribution is 6.22. The van der Waals surface area contributed by atoms with E-state index in [0.717, 1.165) is 11.4 Å². The molecule has 0 bridgehead atoms. The van der Waals surface area contributed by atoms with Crippen LogP contribution in [0.1, 0.15) is 37.4 Å². The number of imide groups is 1. The number of benzene rings is 2. The SMILES string of the molecule is C[C@H]1C[C@@H]2C(=O)N(c3ccc(Nc4ccccc4)cc3)C(=O)[C@@H]2[C@@H]2C[C@@H](c3ccc(CO)o3)O[C@]12O. The first-order valence-corrected chi connectivity index (χ1v) is 12.3. The van der Waals surface area contributed by atoms with Gasteiger partial charge in [0.25, 0.3) is 0 Å². The number of amides is 2. The molecule has 6 atom stereocenters. The summed E-state index contributed by atoms with van der Waals surface area (Å²) in [6, 6.07) is 20.3. The number of para-hydroxylation sites is 1. The van der Waals surface area contributed by atoms with Crippen LogP contribution in [-0.2, 0) is 20.9 Å². The van der Waals surface area contributed by atoms with Gasteiger partial charge < -0.3 is 24.7 Å². The summed E-state index contributed by atoms with van der Waals surface area (Å²) in [5.74, 6) is -3.21. The molecule has 36 heavy (non-hydrogen) atoms. The van der Waals surface area contributed by atoms with Gasteiger partial charge in [0.15, 0.2) is 5.79 Å². The molecule has 186 valence electrons. The van der Waals surface area contributed by atoms with Gasteiger partial charge in [-0.25, -0.2) is 0 Å². The molecule has 0 unspecified atom stereocenters. The molecule has 1 saturated carbocycles. The molecule has 1 aliphatic carbocycles. The molecule has 3 aromatic rings. The second kappa shape index (κ2) is 8.58. The molecule has 2 aromatic carbocycles. The molecule has 2 saturated heterocycles. The molecule has 8 heteroatoms. The summed E-state index contributed by atoms with van der Waals surface area (Å²) >= 11 is 0. The number of furan rings is 1. The van der Waals surface area contributed by atoms with E-state index in [4.69, 9.17) is 9.15 Å². The van der Waals surface area contributed by atoms with E-state index in [2.05, 4.69) is 5.32 Å². The van der Waals surface area contributed by atoms with Crippen molar-refractivity contribution in [3.63, 3.8) is 0 Å². The van der Waals surface area contributed by atoms with Crippen molar-refractivity contribution in [3.8, 4) is 0 Å². The molecule has 1 aromatic heterocycles. The van der Waals surface area contributed by atoms with Gasteiger partial charge in [0.05, 0.1) is 17.5 Å². The van der Waals surface area contributed by atoms with Crippen molar-refractivity contribution in [3.05, 3.63) is 78.3 Å². The van der Waals surface area contributed by atoms with Crippen molar-refractivity contribution in [1.82, 2.24) is 0 Å². The number of carbonyl (C=O) groups is 2. The number of hydrogen-bond acceptors (Lipinski definition) is 7. The lowest BCUT2D eigenvalue weighted by molar-refractivity contribution is -0.266. The van der Waals surface area contributed by atoms with E-state index in [1.807, 2.05) is 49.4 Å². The van der Waals surface area contributed by atoms with Crippen LogP contribution in [0, 0.1) is 23.7 Å². The normalized spacial score (nSPS) is 31.4. The fraction of sp³-hybridized carbons (Fsp3) is 0.357. The Morgan fingerprint density at radius 1 is 0.972 bits per heavy atom. The predicted molar refractivity (Wildman–Crippen MR) is 131 cm³/mol. The molecule has 8 nitrogen and oxygen atoms in total. The molecule has 0 radical (unpaired) electrons. The second-order valence-corrected chi connectivity index (χ2v) is 9.98. The van der Waals surface area contributed by atoms with Gasteiger partial charge in [-0.3, -0.25) is 14.5 Å². The van der Waals surface area contributed by atoms with Gasteiger partial charge in [-0.1, -0.05) is 25.1 Å². The standard InChI is InChI=1S/C28H28N2O6/c1-16-13-21-25(22-14-24(36-28(16,22)34)23-12-11-20(15-31)35-23)27(33)30(26(21)32)19-9-7-18(8-10-19)29-17-5-3-2-4-6-17/h2-12,16,21-22,24-25,29,31,34H,13-15H2,1H3/t16-,21-,22-,24-,25-,28+/m0/s1. The van der Waals surface area contributed by atoms with Gasteiger partial charge in [-0.05, 0) is 61.4 Å². The van der Waals surface area contributed by atoms with Crippen LogP contribution in [0.2, 0.25) is 0 Å². The summed E-state index contributed by atoms with van der Waals surface area (Å²) in [6.45, 7) is 1.63. The third-order valence-electron chi connectivity index (χ3n) is 7.90. The van der Waals surface area contributed by atoms with Crippen molar-refractivity contribution in [1.29, 1.82) is 0 Å². The molecule has 3 heterocycles. The van der Waals surface area contributed by atoms with Gasteiger partial charge in [-0.15, -0.1) is 0 Å². The molecule has 2 amide bonds. The zero-order valence-electron chi connectivity index (χ0n) is 19.8. The smallest absolute Gasteiger partial charge is 0.238 e. The van der Waals surface area contributed by atoms with E-state index >= 15 is 0 Å². The zero-order valence-corrected chi connectivity index (χ0v) is 19.8. The number of aliphatic hydroxyl groups excluding tert-OH is 1. The summed E-state index contributed by atoms with van der Waals surface area (Å²) in [5, 5.41) is 24.2. The number of nitrogens with one attached hydrogen (secondary N) is 1. The topological polar surface area (TPSA) is 112 Å². The molecule has 3 fully saturated rings. The van der Waals surface area contributed by atoms with Crippen molar-refractivity contribution >= 4 is 28.9 Å². The van der Waals surface area contributed by atoms with Crippen LogP contribution in [0.4, 0.5) is 17.1 Å². The Morgan fingerprint density at radius 2 is 1.69 bits per heavy atom. The number of hydrogen-bond donors (Lipinski definition) is 3. The van der Waals surface area contributed by atoms with Crippen molar-refractivity contribution in [2.24, 2.45) is 23.7 Å². The highest BCUT2D eigenvalue weighted by Crippen LogP contribution is 2.58. The van der Waals surface area contributed by atoms with Crippen molar-refractivity contribution < 1.29 is 29.0 Å². The monoisotopic (exact) mass is 488 g/mol. The lowest BCUT2D eigenvalue weighted by atomic mass is 9.65. The number of ether oxygens (including phenoxy) is 1. The maximum atomic E-state index is 13.7. The van der Waals surface area contributed by atoms with E-state index in [9.17, 15) is 19.8 Å². The average Bonchev–Trinajstić information content (AvgIpc) is 3.56. The van der Waals surface area contributed by atoms with Crippen LogP contribution < -0.4 is 10.2 Å². The lowest BCUT2D eigenvalue weighted by Crippen LogP contribution is -2.52. The minimum Gasteiger partial charge on any atom is -0.461 e. The Labute approximate surface area is 208 Å². The van der Waals surface area contributed by atoms with E-state index in [1.165, 1.54) is 4.90 Å². The first kappa shape index (κ1) is 23.0. The number of aliphatic hydroxyl groups is 2. The number of nitrogens with zero attached hydrogens (tertiary/aromatic N) is 1. The summed E-state index contributed by atoms with van der Waals surface area (Å²) in [7, 11) is 0. The Hall–Kier alpha value is -3.46. The van der Waals surface area contributed by atoms with Gasteiger partial charge in [0.1, 0.15) is 24.2 Å². The summed E-state index contributed by atoms with van der Waals surface area (Å²) < 4.78 is 11.8. The summed E-state index contributed by atoms with van der Waals surface area (Å²) in [6.07, 6.45) is 0.161. The summed E-state index contributed by atoms with van der Waals surface area (Å²) in [4.78, 5) is 28.4. The van der Waals surface area contributed by atoms with Crippen LogP contribution in [0.3, 0.4) is 0 Å². The lowest BCUT2D eigenvalue weighted by Gasteiger charge is -2.43. The molecule has 2 aliphatic heterocycles. The van der Waals surface area contributed by atoms with Crippen LogP contribution >= 0.6 is 0 Å². The van der Waals surface area contributed by atoms with Gasteiger partial charge >= 0.3 is 0 Å². The van der Waals surface area contributed by atoms with E-state index < -0.39 is 29.6 Å². The number of fused-ring (bicyclic) bond motifs is 3. The minimum atomic E-state index is -1.53. The van der Waals surface area contributed by atoms with E-state index in [0.29, 0.717) is 30.0 Å². The maximum absolute atomic E-state index is 13.7. The molecular formula is C28H28N2O6. The first-order chi connectivity index (χ1) is 17.4. The fourth-order valence-corrected chi connectivity index (χ4v) is 6.11. The number of rotatable bonds is 5. The van der Waals surface area contributed by atoms with Gasteiger partial charge in [0.2, 0.25) is 11.8 Å². The van der Waals surface area contributed by atoms with Gasteiger partial charge in [-0.2, -0.15) is 0 Å². The zero-order chi connectivity index (χ0) is 25.0. The van der Waals surface area contributed by atoms with Crippen LogP contribution in [0.25, 0.3) is 0 Å².